The number of morpholine rings is 1. The van der Waals surface area contributed by atoms with Crippen molar-refractivity contribution < 1.29 is 9.53 Å². The molecule has 30 heavy (non-hydrogen) atoms. The van der Waals surface area contributed by atoms with Gasteiger partial charge >= 0.3 is 0 Å². The lowest BCUT2D eigenvalue weighted by Crippen LogP contribution is -2.57. The lowest BCUT2D eigenvalue weighted by molar-refractivity contribution is -0.125. The highest BCUT2D eigenvalue weighted by Crippen LogP contribution is 2.31. The molecule has 0 N–H and O–H groups in total. The number of nitrogens with zero attached hydrogens (tertiary/aromatic N) is 5. The number of rotatable bonds is 3. The minimum Gasteiger partial charge on any atom is -0.371 e. The Morgan fingerprint density at radius 3 is 2.70 bits per heavy atom. The Bertz CT molecular complexity index is 1040. The zero-order valence-corrected chi connectivity index (χ0v) is 17.3. The Balaban J connectivity index is 1.43. The number of aromatic nitrogens is 3. The maximum Gasteiger partial charge on any atom is 0.275 e. The number of carbonyl (C=O) groups is 1. The van der Waals surface area contributed by atoms with Gasteiger partial charge in [0.1, 0.15) is 0 Å². The molecule has 1 amide bonds. The molecule has 7 nitrogen and oxygen atoms in total. The number of benzene rings is 1. The van der Waals surface area contributed by atoms with E-state index in [9.17, 15) is 4.79 Å². The molecule has 2 saturated heterocycles. The fourth-order valence-corrected chi connectivity index (χ4v) is 4.53. The molecule has 2 aromatic heterocycles. The highest BCUT2D eigenvalue weighted by Gasteiger charge is 2.41. The van der Waals surface area contributed by atoms with Gasteiger partial charge in [0.25, 0.3) is 5.91 Å². The topological polar surface area (TPSA) is 63.5 Å². The average Bonchev–Trinajstić information content (AvgIpc) is 3.15. The van der Waals surface area contributed by atoms with Crippen LogP contribution in [0.15, 0.2) is 48.7 Å². The van der Waals surface area contributed by atoms with E-state index in [1.807, 2.05) is 39.9 Å². The predicted octanol–water partition coefficient (Wildman–Crippen LogP) is 2.42. The molecular weight excluding hydrogens is 378 g/mol. The van der Waals surface area contributed by atoms with Gasteiger partial charge in [-0.3, -0.25) is 4.79 Å². The molecule has 156 valence electrons. The summed E-state index contributed by atoms with van der Waals surface area (Å²) in [7, 11) is 2.14. The van der Waals surface area contributed by atoms with E-state index in [-0.39, 0.29) is 11.5 Å². The first-order valence-corrected chi connectivity index (χ1v) is 10.6. The van der Waals surface area contributed by atoms with Gasteiger partial charge < -0.3 is 14.5 Å². The summed E-state index contributed by atoms with van der Waals surface area (Å²) in [6.45, 7) is 4.40. The zero-order valence-electron chi connectivity index (χ0n) is 17.3. The predicted molar refractivity (Wildman–Crippen MR) is 114 cm³/mol. The minimum absolute atomic E-state index is 0.0265. The average molecular weight is 406 g/mol. The molecule has 1 aromatic carbocycles. The molecule has 0 aliphatic carbocycles. The van der Waals surface area contributed by atoms with Crippen molar-refractivity contribution in [1.29, 1.82) is 0 Å². The van der Waals surface area contributed by atoms with Crippen LogP contribution < -0.4 is 0 Å². The number of piperidine rings is 1. The quantitative estimate of drug-likeness (QED) is 0.670. The molecule has 2 fully saturated rings. The van der Waals surface area contributed by atoms with Crippen molar-refractivity contribution in [2.75, 3.05) is 39.8 Å². The number of carbonyl (C=O) groups excluding carboxylic acids is 1. The molecule has 1 spiro atoms. The van der Waals surface area contributed by atoms with E-state index in [1.54, 1.807) is 6.20 Å². The lowest BCUT2D eigenvalue weighted by atomic mass is 9.89. The van der Waals surface area contributed by atoms with Crippen molar-refractivity contribution in [3.63, 3.8) is 0 Å². The van der Waals surface area contributed by atoms with Gasteiger partial charge in [-0.05, 0) is 37.6 Å². The number of likely N-dealkylation sites (tertiary alicyclic amines) is 1. The number of ether oxygens (including phenoxy) is 1. The summed E-state index contributed by atoms with van der Waals surface area (Å²) in [5.41, 5.74) is 2.13. The van der Waals surface area contributed by atoms with E-state index in [0.29, 0.717) is 31.9 Å². The third kappa shape index (κ3) is 3.59. The Hall–Kier alpha value is -2.77. The SMILES string of the molecule is CN1CCC2(CC1)CN(C(=O)c1nn(Cc3ccccc3)c3ncccc13)CCO2. The van der Waals surface area contributed by atoms with Crippen molar-refractivity contribution in [3.05, 3.63) is 59.9 Å². The van der Waals surface area contributed by atoms with Crippen molar-refractivity contribution in [1.82, 2.24) is 24.6 Å². The molecule has 0 bridgehead atoms. The van der Waals surface area contributed by atoms with Crippen LogP contribution in [0.5, 0.6) is 0 Å². The third-order valence-electron chi connectivity index (χ3n) is 6.32. The first kappa shape index (κ1) is 19.2. The number of amides is 1. The Kier molecular flexibility index (Phi) is 5.00. The molecule has 2 aliphatic rings. The number of pyridine rings is 1. The van der Waals surface area contributed by atoms with Gasteiger partial charge in [0, 0.05) is 25.8 Å². The van der Waals surface area contributed by atoms with Gasteiger partial charge in [-0.25, -0.2) is 9.67 Å². The highest BCUT2D eigenvalue weighted by atomic mass is 16.5. The smallest absolute Gasteiger partial charge is 0.275 e. The number of hydrogen-bond acceptors (Lipinski definition) is 5. The minimum atomic E-state index is -0.221. The summed E-state index contributed by atoms with van der Waals surface area (Å²) < 4.78 is 8.02. The molecule has 7 heteroatoms. The fraction of sp³-hybridized carbons (Fsp3) is 0.435. The fourth-order valence-electron chi connectivity index (χ4n) is 4.53. The molecule has 0 atom stereocenters. The lowest BCUT2D eigenvalue weighted by Gasteiger charge is -2.46. The summed E-state index contributed by atoms with van der Waals surface area (Å²) >= 11 is 0. The molecule has 0 radical (unpaired) electrons. The zero-order chi connectivity index (χ0) is 20.6. The molecule has 3 aromatic rings. The van der Waals surface area contributed by atoms with Gasteiger partial charge in [-0.2, -0.15) is 5.10 Å². The summed E-state index contributed by atoms with van der Waals surface area (Å²) in [5, 5.41) is 5.53. The summed E-state index contributed by atoms with van der Waals surface area (Å²) in [5.74, 6) is -0.0265. The van der Waals surface area contributed by atoms with Crippen molar-refractivity contribution in [2.24, 2.45) is 0 Å². The van der Waals surface area contributed by atoms with Gasteiger partial charge in [0.05, 0.1) is 30.7 Å². The highest BCUT2D eigenvalue weighted by molar-refractivity contribution is 6.04. The molecular formula is C23H27N5O2. The second-order valence-corrected chi connectivity index (χ2v) is 8.43. The standard InChI is InChI=1S/C23H27N5O2/c1-26-12-9-23(10-13-26)17-27(14-15-30-23)22(29)20-19-8-5-11-24-21(19)28(25-20)16-18-6-3-2-4-7-18/h2-8,11H,9-10,12-17H2,1H3. The van der Waals surface area contributed by atoms with E-state index in [1.165, 1.54) is 0 Å². The normalized spacial score (nSPS) is 19.4. The van der Waals surface area contributed by atoms with Crippen LogP contribution in [0.1, 0.15) is 28.9 Å². The third-order valence-corrected chi connectivity index (χ3v) is 6.32. The number of hydrogen-bond donors (Lipinski definition) is 0. The second-order valence-electron chi connectivity index (χ2n) is 8.43. The molecule has 4 heterocycles. The van der Waals surface area contributed by atoms with Gasteiger partial charge in [-0.15, -0.1) is 0 Å². The molecule has 5 rings (SSSR count). The second kappa shape index (κ2) is 7.81. The van der Waals surface area contributed by atoms with E-state index >= 15 is 0 Å². The first-order chi connectivity index (χ1) is 14.6. The maximum atomic E-state index is 13.5. The van der Waals surface area contributed by atoms with Crippen LogP contribution in [0.4, 0.5) is 0 Å². The van der Waals surface area contributed by atoms with Gasteiger partial charge in [0.15, 0.2) is 11.3 Å². The van der Waals surface area contributed by atoms with Crippen LogP contribution in [0.25, 0.3) is 11.0 Å². The first-order valence-electron chi connectivity index (χ1n) is 10.6. The van der Waals surface area contributed by atoms with Crippen molar-refractivity contribution in [2.45, 2.75) is 25.0 Å². The van der Waals surface area contributed by atoms with Crippen LogP contribution in [0.3, 0.4) is 0 Å². The number of fused-ring (bicyclic) bond motifs is 1. The van der Waals surface area contributed by atoms with E-state index in [0.717, 1.165) is 42.5 Å². The van der Waals surface area contributed by atoms with E-state index in [2.05, 4.69) is 29.1 Å². The van der Waals surface area contributed by atoms with E-state index in [4.69, 9.17) is 9.84 Å². The Morgan fingerprint density at radius 1 is 1.10 bits per heavy atom. The Morgan fingerprint density at radius 2 is 1.90 bits per heavy atom. The molecule has 0 unspecified atom stereocenters. The van der Waals surface area contributed by atoms with Crippen LogP contribution in [-0.2, 0) is 11.3 Å². The summed E-state index contributed by atoms with van der Waals surface area (Å²) in [6.07, 6.45) is 3.66. The summed E-state index contributed by atoms with van der Waals surface area (Å²) in [4.78, 5) is 22.3. The summed E-state index contributed by atoms with van der Waals surface area (Å²) in [6, 6.07) is 13.9. The van der Waals surface area contributed by atoms with Crippen LogP contribution in [0, 0.1) is 0 Å². The van der Waals surface area contributed by atoms with Crippen molar-refractivity contribution in [3.8, 4) is 0 Å². The van der Waals surface area contributed by atoms with Crippen LogP contribution in [0.2, 0.25) is 0 Å². The maximum absolute atomic E-state index is 13.5. The van der Waals surface area contributed by atoms with Crippen LogP contribution >= 0.6 is 0 Å². The van der Waals surface area contributed by atoms with Crippen LogP contribution in [-0.4, -0.2) is 75.9 Å². The van der Waals surface area contributed by atoms with E-state index < -0.39 is 0 Å². The molecule has 2 aliphatic heterocycles. The molecule has 0 saturated carbocycles. The van der Waals surface area contributed by atoms with Gasteiger partial charge in [0.2, 0.25) is 0 Å². The largest absolute Gasteiger partial charge is 0.371 e. The monoisotopic (exact) mass is 405 g/mol. The Labute approximate surface area is 176 Å². The van der Waals surface area contributed by atoms with Crippen molar-refractivity contribution >= 4 is 16.9 Å². The van der Waals surface area contributed by atoms with Gasteiger partial charge in [-0.1, -0.05) is 30.3 Å².